The van der Waals surface area contributed by atoms with Gasteiger partial charge in [0.2, 0.25) is 5.91 Å². The minimum absolute atomic E-state index is 0.0432. The molecule has 0 radical (unpaired) electrons. The summed E-state index contributed by atoms with van der Waals surface area (Å²) in [7, 11) is 1.45. The molecule has 3 N–H and O–H groups in total. The molecule has 0 saturated heterocycles. The number of amides is 2. The fraction of sp³-hybridized carbons (Fsp3) is 0.429. The highest BCUT2D eigenvalue weighted by Crippen LogP contribution is 2.25. The van der Waals surface area contributed by atoms with E-state index in [9.17, 15) is 9.59 Å². The van der Waals surface area contributed by atoms with E-state index in [1.54, 1.807) is 23.1 Å². The van der Waals surface area contributed by atoms with Crippen LogP contribution in [0.1, 0.15) is 24.2 Å². The highest BCUT2D eigenvalue weighted by Gasteiger charge is 2.16. The lowest BCUT2D eigenvalue weighted by Crippen LogP contribution is -2.40. The van der Waals surface area contributed by atoms with Crippen LogP contribution in [0.2, 0.25) is 0 Å². The van der Waals surface area contributed by atoms with E-state index in [1.165, 1.54) is 7.11 Å². The fourth-order valence-corrected chi connectivity index (χ4v) is 1.90. The second-order valence-electron chi connectivity index (χ2n) is 4.18. The third kappa shape index (κ3) is 3.63. The van der Waals surface area contributed by atoms with Crippen LogP contribution in [0.3, 0.4) is 0 Å². The van der Waals surface area contributed by atoms with Gasteiger partial charge in [0, 0.05) is 13.1 Å². The van der Waals surface area contributed by atoms with E-state index in [0.717, 1.165) is 0 Å². The number of hydrogen-bond acceptors (Lipinski definition) is 4. The fourth-order valence-electron chi connectivity index (χ4n) is 1.90. The second-order valence-corrected chi connectivity index (χ2v) is 4.18. The number of hydrogen-bond donors (Lipinski definition) is 2. The van der Waals surface area contributed by atoms with E-state index in [0.29, 0.717) is 30.1 Å². The standard InChI is InChI=1S/C14H21N3O3/c1-4-17(5-2)12(18)9-16-14(19)10-7-6-8-11(15)13(10)20-3/h6-8H,4-5,9,15H2,1-3H3,(H,16,19). The third-order valence-corrected chi connectivity index (χ3v) is 3.01. The van der Waals surface area contributed by atoms with E-state index in [4.69, 9.17) is 10.5 Å². The first-order chi connectivity index (χ1) is 9.54. The van der Waals surface area contributed by atoms with Crippen LogP contribution in [-0.4, -0.2) is 43.5 Å². The number of ether oxygens (including phenoxy) is 1. The Morgan fingerprint density at radius 1 is 1.30 bits per heavy atom. The van der Waals surface area contributed by atoms with Gasteiger partial charge in [0.1, 0.15) is 0 Å². The van der Waals surface area contributed by atoms with Crippen molar-refractivity contribution in [1.82, 2.24) is 10.2 Å². The van der Waals surface area contributed by atoms with Gasteiger partial charge in [-0.15, -0.1) is 0 Å². The Bertz CT molecular complexity index is 485. The van der Waals surface area contributed by atoms with Crippen molar-refractivity contribution in [2.75, 3.05) is 32.5 Å². The van der Waals surface area contributed by atoms with Crippen LogP contribution in [0, 0.1) is 0 Å². The lowest BCUT2D eigenvalue weighted by Gasteiger charge is -2.19. The Labute approximate surface area is 118 Å². The number of anilines is 1. The third-order valence-electron chi connectivity index (χ3n) is 3.01. The lowest BCUT2D eigenvalue weighted by atomic mass is 10.1. The Hall–Kier alpha value is -2.24. The Balaban J connectivity index is 2.73. The summed E-state index contributed by atoms with van der Waals surface area (Å²) in [6.07, 6.45) is 0. The molecule has 0 bridgehead atoms. The number of nitrogens with two attached hydrogens (primary N) is 1. The smallest absolute Gasteiger partial charge is 0.255 e. The van der Waals surface area contributed by atoms with Crippen LogP contribution in [0.4, 0.5) is 5.69 Å². The molecule has 1 rings (SSSR count). The number of benzene rings is 1. The minimum atomic E-state index is -0.380. The highest BCUT2D eigenvalue weighted by molar-refractivity contribution is 6.00. The molecule has 1 aromatic carbocycles. The molecule has 6 nitrogen and oxygen atoms in total. The van der Waals surface area contributed by atoms with Crippen LogP contribution in [-0.2, 0) is 4.79 Å². The van der Waals surface area contributed by atoms with E-state index in [1.807, 2.05) is 13.8 Å². The van der Waals surface area contributed by atoms with Crippen molar-refractivity contribution in [3.63, 3.8) is 0 Å². The molecule has 2 amide bonds. The first-order valence-corrected chi connectivity index (χ1v) is 6.53. The number of carbonyl (C=O) groups is 2. The number of nitrogens with zero attached hydrogens (tertiary/aromatic N) is 1. The van der Waals surface area contributed by atoms with Crippen molar-refractivity contribution >= 4 is 17.5 Å². The van der Waals surface area contributed by atoms with Crippen LogP contribution in [0.15, 0.2) is 18.2 Å². The molecule has 0 atom stereocenters. The largest absolute Gasteiger partial charge is 0.494 e. The minimum Gasteiger partial charge on any atom is -0.494 e. The maximum absolute atomic E-state index is 12.1. The maximum atomic E-state index is 12.1. The predicted molar refractivity (Wildman–Crippen MR) is 77.7 cm³/mol. The first kappa shape index (κ1) is 15.8. The number of likely N-dealkylation sites (N-methyl/N-ethyl adjacent to an activating group) is 1. The average molecular weight is 279 g/mol. The zero-order valence-electron chi connectivity index (χ0n) is 12.1. The van der Waals surface area contributed by atoms with Gasteiger partial charge in [-0.3, -0.25) is 9.59 Å². The van der Waals surface area contributed by atoms with Gasteiger partial charge in [-0.2, -0.15) is 0 Å². The molecule has 0 aliphatic rings. The molecule has 0 saturated carbocycles. The first-order valence-electron chi connectivity index (χ1n) is 6.53. The average Bonchev–Trinajstić information content (AvgIpc) is 2.45. The summed E-state index contributed by atoms with van der Waals surface area (Å²) in [6, 6.07) is 4.92. The van der Waals surface area contributed by atoms with Crippen LogP contribution >= 0.6 is 0 Å². The summed E-state index contributed by atoms with van der Waals surface area (Å²) >= 11 is 0. The number of methoxy groups -OCH3 is 1. The Kier molecular flexibility index (Phi) is 5.83. The highest BCUT2D eigenvalue weighted by atomic mass is 16.5. The number of rotatable bonds is 6. The van der Waals surface area contributed by atoms with Gasteiger partial charge in [-0.25, -0.2) is 0 Å². The van der Waals surface area contributed by atoms with Crippen molar-refractivity contribution in [2.24, 2.45) is 0 Å². The van der Waals surface area contributed by atoms with Gasteiger partial charge >= 0.3 is 0 Å². The van der Waals surface area contributed by atoms with Gasteiger partial charge in [-0.1, -0.05) is 6.07 Å². The van der Waals surface area contributed by atoms with Crippen molar-refractivity contribution in [1.29, 1.82) is 0 Å². The van der Waals surface area contributed by atoms with E-state index in [2.05, 4.69) is 5.32 Å². The maximum Gasteiger partial charge on any atom is 0.255 e. The molecule has 6 heteroatoms. The summed E-state index contributed by atoms with van der Waals surface area (Å²) in [4.78, 5) is 25.5. The quantitative estimate of drug-likeness (QED) is 0.757. The zero-order valence-corrected chi connectivity index (χ0v) is 12.1. The molecule has 20 heavy (non-hydrogen) atoms. The van der Waals surface area contributed by atoms with Crippen molar-refractivity contribution in [3.05, 3.63) is 23.8 Å². The molecule has 0 fully saturated rings. The topological polar surface area (TPSA) is 84.7 Å². The summed E-state index contributed by atoms with van der Waals surface area (Å²) in [6.45, 7) is 4.98. The molecule has 0 spiro atoms. The number of carbonyl (C=O) groups excluding carboxylic acids is 2. The number of para-hydroxylation sites is 1. The SMILES string of the molecule is CCN(CC)C(=O)CNC(=O)c1cccc(N)c1OC. The van der Waals surface area contributed by atoms with E-state index in [-0.39, 0.29) is 18.4 Å². The molecular formula is C14H21N3O3. The van der Waals surface area contributed by atoms with E-state index < -0.39 is 0 Å². The molecular weight excluding hydrogens is 258 g/mol. The van der Waals surface area contributed by atoms with Gasteiger partial charge in [0.05, 0.1) is 24.9 Å². The number of nitrogen functional groups attached to an aromatic ring is 1. The molecule has 0 unspecified atom stereocenters. The molecule has 0 aliphatic carbocycles. The summed E-state index contributed by atoms with van der Waals surface area (Å²) in [5.41, 5.74) is 6.44. The van der Waals surface area contributed by atoms with Crippen molar-refractivity contribution < 1.29 is 14.3 Å². The molecule has 1 aromatic rings. The monoisotopic (exact) mass is 279 g/mol. The van der Waals surface area contributed by atoms with Gasteiger partial charge in [-0.05, 0) is 26.0 Å². The van der Waals surface area contributed by atoms with Crippen molar-refractivity contribution in [2.45, 2.75) is 13.8 Å². The Morgan fingerprint density at radius 3 is 2.50 bits per heavy atom. The predicted octanol–water partition coefficient (Wildman–Crippen LogP) is 0.876. The summed E-state index contributed by atoms with van der Waals surface area (Å²) in [5.74, 6) is -0.179. The molecule has 0 aliphatic heterocycles. The molecule has 110 valence electrons. The normalized spacial score (nSPS) is 9.95. The number of nitrogens with one attached hydrogen (secondary N) is 1. The zero-order chi connectivity index (χ0) is 15.1. The molecule has 0 heterocycles. The lowest BCUT2D eigenvalue weighted by molar-refractivity contribution is -0.129. The summed E-state index contributed by atoms with van der Waals surface area (Å²) in [5, 5.41) is 2.58. The van der Waals surface area contributed by atoms with Gasteiger partial charge < -0.3 is 20.7 Å². The Morgan fingerprint density at radius 2 is 1.95 bits per heavy atom. The molecule has 0 aromatic heterocycles. The van der Waals surface area contributed by atoms with Gasteiger partial charge in [0.15, 0.2) is 5.75 Å². The van der Waals surface area contributed by atoms with Gasteiger partial charge in [0.25, 0.3) is 5.91 Å². The van der Waals surface area contributed by atoms with Crippen LogP contribution in [0.5, 0.6) is 5.75 Å². The second kappa shape index (κ2) is 7.37. The summed E-state index contributed by atoms with van der Waals surface area (Å²) < 4.78 is 5.11. The van der Waals surface area contributed by atoms with E-state index >= 15 is 0 Å². The van der Waals surface area contributed by atoms with Crippen LogP contribution < -0.4 is 15.8 Å². The van der Waals surface area contributed by atoms with Crippen LogP contribution in [0.25, 0.3) is 0 Å². The van der Waals surface area contributed by atoms with Crippen molar-refractivity contribution in [3.8, 4) is 5.75 Å².